The molecular formula is C25H20OS. The van der Waals surface area contributed by atoms with Crippen LogP contribution < -0.4 is 0 Å². The molecule has 0 aliphatic rings. The van der Waals surface area contributed by atoms with Crippen molar-refractivity contribution >= 4 is 11.8 Å². The zero-order chi connectivity index (χ0) is 18.5. The summed E-state index contributed by atoms with van der Waals surface area (Å²) in [4.78, 5) is 1.17. The van der Waals surface area contributed by atoms with E-state index in [1.165, 1.54) is 10.5 Å². The number of hydrogen-bond acceptors (Lipinski definition) is 2. The van der Waals surface area contributed by atoms with Crippen LogP contribution in [0.3, 0.4) is 0 Å². The van der Waals surface area contributed by atoms with Crippen LogP contribution in [0.15, 0.2) is 108 Å². The molecule has 132 valence electrons. The first-order valence-electron chi connectivity index (χ1n) is 8.96. The van der Waals surface area contributed by atoms with Gasteiger partial charge in [-0.25, -0.2) is 0 Å². The SMILES string of the molecule is Oc1c(-c2ccccc2)cccc1-c1ccccc1SCc1ccccc1. The Balaban J connectivity index is 1.70. The summed E-state index contributed by atoms with van der Waals surface area (Å²) in [5, 5.41) is 11.0. The van der Waals surface area contributed by atoms with Crippen molar-refractivity contribution in [1.29, 1.82) is 0 Å². The molecule has 0 radical (unpaired) electrons. The Morgan fingerprint density at radius 2 is 1.15 bits per heavy atom. The van der Waals surface area contributed by atoms with Crippen LogP contribution in [0.4, 0.5) is 0 Å². The fraction of sp³-hybridized carbons (Fsp3) is 0.0400. The summed E-state index contributed by atoms with van der Waals surface area (Å²) in [5.74, 6) is 1.23. The van der Waals surface area contributed by atoms with Crippen LogP contribution >= 0.6 is 11.8 Å². The van der Waals surface area contributed by atoms with Crippen molar-refractivity contribution in [3.8, 4) is 28.0 Å². The monoisotopic (exact) mass is 368 g/mol. The average molecular weight is 369 g/mol. The molecule has 1 nitrogen and oxygen atoms in total. The summed E-state index contributed by atoms with van der Waals surface area (Å²) in [5.41, 5.74) is 5.10. The zero-order valence-corrected chi connectivity index (χ0v) is 15.7. The molecule has 0 atom stereocenters. The molecule has 0 saturated carbocycles. The van der Waals surface area contributed by atoms with E-state index >= 15 is 0 Å². The summed E-state index contributed by atoms with van der Waals surface area (Å²) in [6.07, 6.45) is 0. The van der Waals surface area contributed by atoms with Crippen molar-refractivity contribution < 1.29 is 5.11 Å². The van der Waals surface area contributed by atoms with Gasteiger partial charge in [0.15, 0.2) is 0 Å². The van der Waals surface area contributed by atoms with Crippen molar-refractivity contribution in [2.24, 2.45) is 0 Å². The minimum Gasteiger partial charge on any atom is -0.507 e. The second kappa shape index (κ2) is 8.15. The molecule has 0 fully saturated rings. The largest absolute Gasteiger partial charge is 0.507 e. The molecule has 4 aromatic carbocycles. The molecule has 0 aromatic heterocycles. The molecule has 4 aromatic rings. The summed E-state index contributed by atoms with van der Waals surface area (Å²) in [6.45, 7) is 0. The lowest BCUT2D eigenvalue weighted by Gasteiger charge is -2.14. The van der Waals surface area contributed by atoms with E-state index in [1.807, 2.05) is 60.7 Å². The molecule has 0 heterocycles. The van der Waals surface area contributed by atoms with Crippen LogP contribution in [0, 0.1) is 0 Å². The molecule has 0 spiro atoms. The van der Waals surface area contributed by atoms with Gasteiger partial charge in [-0.3, -0.25) is 0 Å². The zero-order valence-electron chi connectivity index (χ0n) is 14.9. The minimum absolute atomic E-state index is 0.330. The van der Waals surface area contributed by atoms with E-state index in [4.69, 9.17) is 0 Å². The van der Waals surface area contributed by atoms with Gasteiger partial charge in [-0.05, 0) is 22.8 Å². The third kappa shape index (κ3) is 3.91. The van der Waals surface area contributed by atoms with Crippen LogP contribution in [0.1, 0.15) is 5.56 Å². The van der Waals surface area contributed by atoms with Gasteiger partial charge >= 0.3 is 0 Å². The molecule has 0 bridgehead atoms. The quantitative estimate of drug-likeness (QED) is 0.382. The van der Waals surface area contributed by atoms with Crippen LogP contribution in [-0.4, -0.2) is 5.11 Å². The lowest BCUT2D eigenvalue weighted by Crippen LogP contribution is -1.87. The fourth-order valence-corrected chi connectivity index (χ4v) is 4.18. The number of benzene rings is 4. The summed E-state index contributed by atoms with van der Waals surface area (Å²) < 4.78 is 0. The topological polar surface area (TPSA) is 20.2 Å². The van der Waals surface area contributed by atoms with E-state index in [1.54, 1.807) is 11.8 Å². The van der Waals surface area contributed by atoms with Gasteiger partial charge < -0.3 is 5.11 Å². The van der Waals surface area contributed by atoms with Crippen molar-refractivity contribution in [3.05, 3.63) is 109 Å². The minimum atomic E-state index is 0.330. The van der Waals surface area contributed by atoms with Gasteiger partial charge in [0.2, 0.25) is 0 Å². The van der Waals surface area contributed by atoms with Crippen molar-refractivity contribution in [2.45, 2.75) is 10.6 Å². The molecule has 2 heteroatoms. The maximum absolute atomic E-state index is 11.0. The molecule has 4 rings (SSSR count). The van der Waals surface area contributed by atoms with Crippen LogP contribution in [0.25, 0.3) is 22.3 Å². The first-order chi connectivity index (χ1) is 13.3. The van der Waals surface area contributed by atoms with Gasteiger partial charge in [0, 0.05) is 21.8 Å². The van der Waals surface area contributed by atoms with Gasteiger partial charge in [0.05, 0.1) is 0 Å². The van der Waals surface area contributed by atoms with E-state index in [0.717, 1.165) is 28.0 Å². The Kier molecular flexibility index (Phi) is 5.27. The number of phenols is 1. The van der Waals surface area contributed by atoms with Crippen LogP contribution in [-0.2, 0) is 5.75 Å². The lowest BCUT2D eigenvalue weighted by molar-refractivity contribution is 0.479. The number of rotatable bonds is 5. The predicted molar refractivity (Wildman–Crippen MR) is 115 cm³/mol. The van der Waals surface area contributed by atoms with E-state index in [2.05, 4.69) is 42.5 Å². The molecule has 27 heavy (non-hydrogen) atoms. The maximum atomic E-state index is 11.0. The Bertz CT molecular complexity index is 1030. The Labute approximate surface area is 164 Å². The van der Waals surface area contributed by atoms with E-state index in [-0.39, 0.29) is 0 Å². The first-order valence-corrected chi connectivity index (χ1v) is 9.95. The summed E-state index contributed by atoms with van der Waals surface area (Å²) in [7, 11) is 0. The first kappa shape index (κ1) is 17.4. The lowest BCUT2D eigenvalue weighted by atomic mass is 9.97. The molecule has 0 amide bonds. The normalized spacial score (nSPS) is 10.7. The molecule has 0 unspecified atom stereocenters. The predicted octanol–water partition coefficient (Wildman–Crippen LogP) is 7.02. The van der Waals surface area contributed by atoms with E-state index < -0.39 is 0 Å². The molecule has 0 saturated heterocycles. The average Bonchev–Trinajstić information content (AvgIpc) is 2.74. The summed E-state index contributed by atoms with van der Waals surface area (Å²) in [6, 6.07) is 34.7. The van der Waals surface area contributed by atoms with Crippen molar-refractivity contribution in [1.82, 2.24) is 0 Å². The van der Waals surface area contributed by atoms with Gasteiger partial charge in [-0.15, -0.1) is 11.8 Å². The third-order valence-electron chi connectivity index (χ3n) is 4.54. The number of para-hydroxylation sites is 1. The second-order valence-electron chi connectivity index (χ2n) is 6.34. The highest BCUT2D eigenvalue weighted by atomic mass is 32.2. The van der Waals surface area contributed by atoms with E-state index in [0.29, 0.717) is 5.75 Å². The molecule has 1 N–H and O–H groups in total. The van der Waals surface area contributed by atoms with Gasteiger partial charge in [0.1, 0.15) is 5.75 Å². The standard InChI is InChI=1S/C25H20OS/c26-25-21(20-12-5-2-6-13-20)15-9-16-23(25)22-14-7-8-17-24(22)27-18-19-10-3-1-4-11-19/h1-17,26H,18H2. The number of phenolic OH excluding ortho intramolecular Hbond substituents is 1. The van der Waals surface area contributed by atoms with Gasteiger partial charge in [0.25, 0.3) is 0 Å². The van der Waals surface area contributed by atoms with Crippen molar-refractivity contribution in [3.63, 3.8) is 0 Å². The highest BCUT2D eigenvalue weighted by molar-refractivity contribution is 7.98. The Morgan fingerprint density at radius 1 is 0.556 bits per heavy atom. The maximum Gasteiger partial charge on any atom is 0.131 e. The highest BCUT2D eigenvalue weighted by Gasteiger charge is 2.13. The van der Waals surface area contributed by atoms with Crippen LogP contribution in [0.2, 0.25) is 0 Å². The smallest absolute Gasteiger partial charge is 0.131 e. The molecular weight excluding hydrogens is 348 g/mol. The Morgan fingerprint density at radius 3 is 1.93 bits per heavy atom. The highest BCUT2D eigenvalue weighted by Crippen LogP contribution is 2.41. The number of aromatic hydroxyl groups is 1. The fourth-order valence-electron chi connectivity index (χ4n) is 3.16. The third-order valence-corrected chi connectivity index (χ3v) is 5.68. The van der Waals surface area contributed by atoms with Gasteiger partial charge in [-0.1, -0.05) is 97.1 Å². The molecule has 0 aliphatic carbocycles. The second-order valence-corrected chi connectivity index (χ2v) is 7.36. The van der Waals surface area contributed by atoms with E-state index in [9.17, 15) is 5.11 Å². The Hall–Kier alpha value is -2.97. The summed E-state index contributed by atoms with van der Waals surface area (Å²) >= 11 is 1.79. The molecule has 0 aliphatic heterocycles. The number of hydrogen-bond donors (Lipinski definition) is 1. The van der Waals surface area contributed by atoms with Crippen LogP contribution in [0.5, 0.6) is 5.75 Å². The van der Waals surface area contributed by atoms with Gasteiger partial charge in [-0.2, -0.15) is 0 Å². The number of thioether (sulfide) groups is 1. The van der Waals surface area contributed by atoms with Crippen molar-refractivity contribution in [2.75, 3.05) is 0 Å².